The van der Waals surface area contributed by atoms with Crippen LogP contribution in [0.5, 0.6) is 0 Å². The van der Waals surface area contributed by atoms with Crippen molar-refractivity contribution >= 4 is 34.7 Å². The summed E-state index contributed by atoms with van der Waals surface area (Å²) in [5, 5.41) is 10.4. The summed E-state index contributed by atoms with van der Waals surface area (Å²) in [5.74, 6) is -0.523. The van der Waals surface area contributed by atoms with Gasteiger partial charge >= 0.3 is 5.95 Å². The molecule has 2 heterocycles. The number of nitrogens with one attached hydrogen (secondary N) is 1. The molecule has 72 valence electrons. The summed E-state index contributed by atoms with van der Waals surface area (Å²) in [6, 6.07) is 0. The van der Waals surface area contributed by atoms with Crippen molar-refractivity contribution in [3.05, 3.63) is 15.3 Å². The summed E-state index contributed by atoms with van der Waals surface area (Å²) in [7, 11) is 0. The molecule has 0 radical (unpaired) electrons. The standard InChI is InChI=1S/C5H3ClN6O2/c6-2-1-3(10-4(7)9-2)11-5(8-1)12(13)14/h(H3,7,8,9,10,11). The third kappa shape index (κ3) is 1.21. The highest BCUT2D eigenvalue weighted by Crippen LogP contribution is 2.20. The summed E-state index contributed by atoms with van der Waals surface area (Å²) < 4.78 is 0. The lowest BCUT2D eigenvalue weighted by Gasteiger charge is -1.89. The van der Waals surface area contributed by atoms with Crippen molar-refractivity contribution in [3.63, 3.8) is 0 Å². The number of nitro groups is 1. The average molecular weight is 215 g/mol. The fraction of sp³-hybridized carbons (Fsp3) is 0. The van der Waals surface area contributed by atoms with Crippen LogP contribution in [0, 0.1) is 10.1 Å². The van der Waals surface area contributed by atoms with Crippen molar-refractivity contribution < 1.29 is 4.92 Å². The Morgan fingerprint density at radius 2 is 2.14 bits per heavy atom. The van der Waals surface area contributed by atoms with E-state index in [9.17, 15) is 10.1 Å². The molecule has 0 saturated heterocycles. The number of nitrogen functional groups attached to an aromatic ring is 1. The summed E-state index contributed by atoms with van der Waals surface area (Å²) in [6.07, 6.45) is 0. The lowest BCUT2D eigenvalue weighted by Crippen LogP contribution is -1.94. The highest BCUT2D eigenvalue weighted by Gasteiger charge is 2.18. The number of anilines is 1. The number of aromatic nitrogens is 4. The van der Waals surface area contributed by atoms with Gasteiger partial charge in [0.1, 0.15) is 0 Å². The highest BCUT2D eigenvalue weighted by molar-refractivity contribution is 6.33. The molecule has 2 aromatic heterocycles. The summed E-state index contributed by atoms with van der Waals surface area (Å²) in [6.45, 7) is 0. The van der Waals surface area contributed by atoms with E-state index in [-0.39, 0.29) is 22.3 Å². The van der Waals surface area contributed by atoms with Crippen LogP contribution in [0.3, 0.4) is 0 Å². The average Bonchev–Trinajstić information content (AvgIpc) is 2.47. The van der Waals surface area contributed by atoms with E-state index in [1.165, 1.54) is 0 Å². The van der Waals surface area contributed by atoms with Crippen molar-refractivity contribution in [1.82, 2.24) is 19.9 Å². The molecule has 0 aromatic carbocycles. The topological polar surface area (TPSA) is 124 Å². The number of rotatable bonds is 1. The zero-order valence-electron chi connectivity index (χ0n) is 6.56. The maximum absolute atomic E-state index is 10.4. The minimum absolute atomic E-state index is 0.00750. The van der Waals surface area contributed by atoms with E-state index in [1.807, 2.05) is 0 Å². The van der Waals surface area contributed by atoms with E-state index < -0.39 is 10.9 Å². The van der Waals surface area contributed by atoms with Gasteiger partial charge in [0.25, 0.3) is 5.65 Å². The van der Waals surface area contributed by atoms with Crippen LogP contribution in [-0.2, 0) is 0 Å². The van der Waals surface area contributed by atoms with Crippen LogP contribution in [0.1, 0.15) is 0 Å². The number of imidazole rings is 1. The number of aromatic amines is 1. The molecule has 0 saturated carbocycles. The molecule has 9 heteroatoms. The molecule has 2 aromatic rings. The molecule has 0 aliphatic rings. The van der Waals surface area contributed by atoms with Crippen molar-refractivity contribution in [1.29, 1.82) is 0 Å². The Morgan fingerprint density at radius 3 is 2.79 bits per heavy atom. The van der Waals surface area contributed by atoms with Gasteiger partial charge in [0.05, 0.1) is 0 Å². The predicted molar refractivity (Wildman–Crippen MR) is 47.8 cm³/mol. The summed E-state index contributed by atoms with van der Waals surface area (Å²) >= 11 is 5.66. The highest BCUT2D eigenvalue weighted by atomic mass is 35.5. The first-order valence-electron chi connectivity index (χ1n) is 3.41. The van der Waals surface area contributed by atoms with Gasteiger partial charge in [-0.3, -0.25) is 0 Å². The fourth-order valence-electron chi connectivity index (χ4n) is 0.953. The van der Waals surface area contributed by atoms with E-state index in [0.29, 0.717) is 0 Å². The van der Waals surface area contributed by atoms with Gasteiger partial charge in [0.2, 0.25) is 5.95 Å². The van der Waals surface area contributed by atoms with E-state index in [2.05, 4.69) is 19.9 Å². The first kappa shape index (κ1) is 8.63. The molecule has 0 aliphatic carbocycles. The van der Waals surface area contributed by atoms with Crippen LogP contribution >= 0.6 is 11.6 Å². The van der Waals surface area contributed by atoms with Gasteiger partial charge in [0, 0.05) is 0 Å². The smallest absolute Gasteiger partial charge is 0.390 e. The van der Waals surface area contributed by atoms with Crippen LogP contribution < -0.4 is 5.73 Å². The van der Waals surface area contributed by atoms with Crippen LogP contribution in [0.2, 0.25) is 5.15 Å². The molecule has 3 N–H and O–H groups in total. The van der Waals surface area contributed by atoms with Crippen LogP contribution in [0.15, 0.2) is 0 Å². The van der Waals surface area contributed by atoms with Crippen molar-refractivity contribution in [2.75, 3.05) is 5.73 Å². The maximum atomic E-state index is 10.4. The largest absolute Gasteiger partial charge is 0.435 e. The molecule has 0 spiro atoms. The third-order valence-corrected chi connectivity index (χ3v) is 1.76. The summed E-state index contributed by atoms with van der Waals surface area (Å²) in [4.78, 5) is 22.9. The Balaban J connectivity index is 2.76. The SMILES string of the molecule is Nc1nc(Cl)c2[nH]c([N+](=O)[O-])nc2n1. The Labute approximate surface area is 81.3 Å². The second-order valence-electron chi connectivity index (χ2n) is 2.39. The molecular formula is C5H3ClN6O2. The minimum Gasteiger partial charge on any atom is -0.390 e. The predicted octanol–water partition coefficient (Wildman–Crippen LogP) is 0.497. The van der Waals surface area contributed by atoms with Gasteiger partial charge in [-0.2, -0.15) is 9.97 Å². The Kier molecular flexibility index (Phi) is 1.71. The molecule has 0 fully saturated rings. The monoisotopic (exact) mass is 214 g/mol. The van der Waals surface area contributed by atoms with Gasteiger partial charge in [-0.05, 0) is 9.91 Å². The molecule has 0 bridgehead atoms. The lowest BCUT2D eigenvalue weighted by molar-refractivity contribution is -0.393. The second-order valence-corrected chi connectivity index (χ2v) is 2.75. The van der Waals surface area contributed by atoms with Gasteiger partial charge in [0.15, 0.2) is 10.7 Å². The zero-order chi connectivity index (χ0) is 10.3. The molecule has 2 rings (SSSR count). The van der Waals surface area contributed by atoms with E-state index >= 15 is 0 Å². The van der Waals surface area contributed by atoms with E-state index in [1.54, 1.807) is 0 Å². The number of H-pyrrole nitrogens is 1. The molecule has 8 nitrogen and oxygen atoms in total. The van der Waals surface area contributed by atoms with Crippen molar-refractivity contribution in [2.45, 2.75) is 0 Å². The Morgan fingerprint density at radius 1 is 1.43 bits per heavy atom. The van der Waals surface area contributed by atoms with Crippen molar-refractivity contribution in [2.24, 2.45) is 0 Å². The molecule has 0 aliphatic heterocycles. The maximum Gasteiger partial charge on any atom is 0.435 e. The first-order valence-corrected chi connectivity index (χ1v) is 3.79. The fourth-order valence-corrected chi connectivity index (χ4v) is 1.17. The van der Waals surface area contributed by atoms with Crippen LogP contribution in [0.4, 0.5) is 11.9 Å². The lowest BCUT2D eigenvalue weighted by atomic mass is 10.6. The molecule has 0 atom stereocenters. The molecule has 0 unspecified atom stereocenters. The molecule has 0 amide bonds. The minimum atomic E-state index is -0.686. The van der Waals surface area contributed by atoms with Crippen LogP contribution in [0.25, 0.3) is 11.2 Å². The van der Waals surface area contributed by atoms with Gasteiger partial charge in [-0.1, -0.05) is 11.6 Å². The number of fused-ring (bicyclic) bond motifs is 1. The van der Waals surface area contributed by atoms with Crippen LogP contribution in [-0.4, -0.2) is 24.9 Å². The number of hydrogen-bond acceptors (Lipinski definition) is 6. The second kappa shape index (κ2) is 2.77. The first-order chi connectivity index (χ1) is 6.58. The molecule has 14 heavy (non-hydrogen) atoms. The van der Waals surface area contributed by atoms with E-state index in [4.69, 9.17) is 17.3 Å². The molecular weight excluding hydrogens is 212 g/mol. The number of nitrogens with two attached hydrogens (primary N) is 1. The van der Waals surface area contributed by atoms with Crippen molar-refractivity contribution in [3.8, 4) is 0 Å². The quantitative estimate of drug-likeness (QED) is 0.405. The number of halogens is 1. The van der Waals surface area contributed by atoms with Gasteiger partial charge in [-0.25, -0.2) is 4.98 Å². The summed E-state index contributed by atoms with van der Waals surface area (Å²) in [5.41, 5.74) is 5.56. The zero-order valence-corrected chi connectivity index (χ0v) is 7.32. The van der Waals surface area contributed by atoms with Gasteiger partial charge in [-0.15, -0.1) is 0 Å². The Hall–Kier alpha value is -1.96. The number of nitrogens with zero attached hydrogens (tertiary/aromatic N) is 4. The number of hydrogen-bond donors (Lipinski definition) is 2. The normalized spacial score (nSPS) is 10.6. The Bertz CT molecular complexity index is 522. The van der Waals surface area contributed by atoms with Gasteiger partial charge < -0.3 is 15.8 Å². The van der Waals surface area contributed by atoms with E-state index in [0.717, 1.165) is 0 Å². The third-order valence-electron chi connectivity index (χ3n) is 1.48.